The summed E-state index contributed by atoms with van der Waals surface area (Å²) < 4.78 is 5.18. The molecule has 0 bridgehead atoms. The van der Waals surface area contributed by atoms with Gasteiger partial charge in [0.25, 0.3) is 0 Å². The normalized spacial score (nSPS) is 10.6. The number of anilines is 1. The lowest BCUT2D eigenvalue weighted by atomic mass is 10.1. The first kappa shape index (κ1) is 16.1. The van der Waals surface area contributed by atoms with E-state index in [0.29, 0.717) is 28.6 Å². The fourth-order valence-electron chi connectivity index (χ4n) is 2.55. The van der Waals surface area contributed by atoms with Crippen LogP contribution in [0.3, 0.4) is 0 Å². The Morgan fingerprint density at radius 3 is 2.54 bits per heavy atom. The van der Waals surface area contributed by atoms with Crippen molar-refractivity contribution in [1.82, 2.24) is 4.98 Å². The molecule has 0 aliphatic heterocycles. The summed E-state index contributed by atoms with van der Waals surface area (Å²) in [4.78, 5) is 15.6. The van der Waals surface area contributed by atoms with E-state index in [1.165, 1.54) is 0 Å². The molecule has 3 rings (SSSR count). The highest BCUT2D eigenvalue weighted by molar-refractivity contribution is 6.30. The Balaban J connectivity index is 2.14. The summed E-state index contributed by atoms with van der Waals surface area (Å²) in [6.45, 7) is 2.09. The Kier molecular flexibility index (Phi) is 4.58. The van der Waals surface area contributed by atoms with Crippen LogP contribution in [0.4, 0.5) is 5.69 Å². The molecule has 0 radical (unpaired) electrons. The van der Waals surface area contributed by atoms with E-state index in [4.69, 9.17) is 22.1 Å². The van der Waals surface area contributed by atoms with Crippen molar-refractivity contribution < 1.29 is 9.53 Å². The summed E-state index contributed by atoms with van der Waals surface area (Å²) in [7, 11) is 0. The molecule has 0 spiro atoms. The molecule has 0 saturated carbocycles. The van der Waals surface area contributed by atoms with Gasteiger partial charge in [0.2, 0.25) is 0 Å². The maximum atomic E-state index is 12.3. The van der Waals surface area contributed by atoms with Gasteiger partial charge in [-0.15, -0.1) is 0 Å². The lowest BCUT2D eigenvalue weighted by molar-refractivity contribution is 0.0527. The lowest BCUT2D eigenvalue weighted by Crippen LogP contribution is -2.05. The van der Waals surface area contributed by atoms with Crippen molar-refractivity contribution in [3.8, 4) is 22.5 Å². The summed E-state index contributed by atoms with van der Waals surface area (Å²) >= 11 is 5.94. The number of halogens is 1. The van der Waals surface area contributed by atoms with Gasteiger partial charge in [0.15, 0.2) is 0 Å². The predicted octanol–water partition coefficient (Wildman–Crippen LogP) is 4.76. The van der Waals surface area contributed by atoms with Crippen LogP contribution in [0.15, 0.2) is 54.6 Å². The van der Waals surface area contributed by atoms with Gasteiger partial charge in [0.05, 0.1) is 17.9 Å². The highest BCUT2D eigenvalue weighted by Gasteiger charge is 2.19. The zero-order valence-corrected chi connectivity index (χ0v) is 13.9. The third-order valence-corrected chi connectivity index (χ3v) is 3.95. The molecule has 0 amide bonds. The number of rotatable bonds is 4. The highest BCUT2D eigenvalue weighted by Crippen LogP contribution is 2.33. The van der Waals surface area contributed by atoms with Crippen molar-refractivity contribution in [3.63, 3.8) is 0 Å². The highest BCUT2D eigenvalue weighted by atomic mass is 35.5. The fourth-order valence-corrected chi connectivity index (χ4v) is 2.67. The number of nitrogens with two attached hydrogens (primary N) is 1. The van der Waals surface area contributed by atoms with Gasteiger partial charge in [-0.05, 0) is 36.8 Å². The first-order valence-electron chi connectivity index (χ1n) is 7.61. The minimum Gasteiger partial charge on any atom is -0.462 e. The molecule has 0 unspecified atom stereocenters. The molecular formula is C19H17ClN2O2. The number of H-pyrrole nitrogens is 1. The van der Waals surface area contributed by atoms with Crippen LogP contribution in [0.2, 0.25) is 5.02 Å². The molecule has 3 aromatic rings. The molecule has 0 aliphatic rings. The summed E-state index contributed by atoms with van der Waals surface area (Å²) in [6.07, 6.45) is 0. The quantitative estimate of drug-likeness (QED) is 0.531. The van der Waals surface area contributed by atoms with Gasteiger partial charge in [-0.1, -0.05) is 41.9 Å². The second-order valence-corrected chi connectivity index (χ2v) is 5.72. The first-order chi connectivity index (χ1) is 11.6. The minimum atomic E-state index is -0.382. The third kappa shape index (κ3) is 3.14. The number of nitrogen functional groups attached to an aromatic ring is 1. The van der Waals surface area contributed by atoms with Crippen LogP contribution in [-0.4, -0.2) is 17.6 Å². The van der Waals surface area contributed by atoms with Crippen LogP contribution in [0.25, 0.3) is 22.5 Å². The Bertz CT molecular complexity index is 869. The van der Waals surface area contributed by atoms with Crippen LogP contribution in [-0.2, 0) is 4.74 Å². The summed E-state index contributed by atoms with van der Waals surface area (Å²) in [5.74, 6) is -0.382. The van der Waals surface area contributed by atoms with Gasteiger partial charge >= 0.3 is 5.97 Å². The van der Waals surface area contributed by atoms with Crippen molar-refractivity contribution in [2.24, 2.45) is 0 Å². The molecular weight excluding hydrogens is 324 g/mol. The van der Waals surface area contributed by atoms with E-state index >= 15 is 0 Å². The molecule has 1 aromatic heterocycles. The zero-order chi connectivity index (χ0) is 17.1. The largest absolute Gasteiger partial charge is 0.462 e. The Morgan fingerprint density at radius 2 is 1.88 bits per heavy atom. The van der Waals surface area contributed by atoms with E-state index in [0.717, 1.165) is 16.8 Å². The number of hydrogen-bond donors (Lipinski definition) is 2. The molecule has 3 N–H and O–H groups in total. The number of aromatic nitrogens is 1. The van der Waals surface area contributed by atoms with Crippen LogP contribution in [0, 0.1) is 0 Å². The molecule has 0 fully saturated rings. The van der Waals surface area contributed by atoms with E-state index in [2.05, 4.69) is 4.98 Å². The predicted molar refractivity (Wildman–Crippen MR) is 97.0 cm³/mol. The van der Waals surface area contributed by atoms with Gasteiger partial charge in [-0.2, -0.15) is 0 Å². The van der Waals surface area contributed by atoms with E-state index < -0.39 is 0 Å². The zero-order valence-electron chi connectivity index (χ0n) is 13.2. The summed E-state index contributed by atoms with van der Waals surface area (Å²) in [5.41, 5.74) is 10.3. The number of carbonyl (C=O) groups excluding carboxylic acids is 1. The van der Waals surface area contributed by atoms with Crippen molar-refractivity contribution in [2.75, 3.05) is 12.3 Å². The first-order valence-corrected chi connectivity index (χ1v) is 7.99. The van der Waals surface area contributed by atoms with E-state index in [1.807, 2.05) is 30.3 Å². The SMILES string of the molecule is CCOC(=O)c1cc(-c2ccc(Cl)cc2)[nH]c1-c1ccccc1N. The van der Waals surface area contributed by atoms with Crippen molar-refractivity contribution in [3.05, 3.63) is 65.2 Å². The van der Waals surface area contributed by atoms with Gasteiger partial charge < -0.3 is 15.5 Å². The van der Waals surface area contributed by atoms with Crippen LogP contribution in [0.5, 0.6) is 0 Å². The van der Waals surface area contributed by atoms with Crippen LogP contribution < -0.4 is 5.73 Å². The third-order valence-electron chi connectivity index (χ3n) is 3.70. The van der Waals surface area contributed by atoms with Gasteiger partial charge in [-0.25, -0.2) is 4.79 Å². The van der Waals surface area contributed by atoms with E-state index in [9.17, 15) is 4.79 Å². The number of carbonyl (C=O) groups is 1. The maximum absolute atomic E-state index is 12.3. The van der Waals surface area contributed by atoms with Crippen LogP contribution in [0.1, 0.15) is 17.3 Å². The Hall–Kier alpha value is -2.72. The van der Waals surface area contributed by atoms with Crippen molar-refractivity contribution in [2.45, 2.75) is 6.92 Å². The number of nitrogens with one attached hydrogen (secondary N) is 1. The summed E-state index contributed by atoms with van der Waals surface area (Å²) in [5, 5.41) is 0.656. The monoisotopic (exact) mass is 340 g/mol. The second kappa shape index (κ2) is 6.81. The number of benzene rings is 2. The van der Waals surface area contributed by atoms with Gasteiger partial charge in [0, 0.05) is 22.0 Å². The Morgan fingerprint density at radius 1 is 1.17 bits per heavy atom. The number of ether oxygens (including phenoxy) is 1. The van der Waals surface area contributed by atoms with Crippen molar-refractivity contribution in [1.29, 1.82) is 0 Å². The maximum Gasteiger partial charge on any atom is 0.340 e. The molecule has 122 valence electrons. The van der Waals surface area contributed by atoms with E-state index in [-0.39, 0.29) is 5.97 Å². The molecule has 4 nitrogen and oxygen atoms in total. The number of para-hydroxylation sites is 1. The standard InChI is InChI=1S/C19H17ClN2O2/c1-2-24-19(23)15-11-17(12-7-9-13(20)10-8-12)22-18(15)14-5-3-4-6-16(14)21/h3-11,22H,2,21H2,1H3. The number of hydrogen-bond acceptors (Lipinski definition) is 3. The molecule has 0 saturated heterocycles. The number of esters is 1. The molecule has 24 heavy (non-hydrogen) atoms. The molecule has 2 aromatic carbocycles. The van der Waals surface area contributed by atoms with Gasteiger partial charge in [-0.3, -0.25) is 0 Å². The second-order valence-electron chi connectivity index (χ2n) is 5.29. The topological polar surface area (TPSA) is 68.1 Å². The number of aromatic amines is 1. The smallest absolute Gasteiger partial charge is 0.340 e. The minimum absolute atomic E-state index is 0.310. The molecule has 1 heterocycles. The van der Waals surface area contributed by atoms with Gasteiger partial charge in [0.1, 0.15) is 0 Å². The van der Waals surface area contributed by atoms with E-state index in [1.54, 1.807) is 31.2 Å². The van der Waals surface area contributed by atoms with Crippen molar-refractivity contribution >= 4 is 23.3 Å². The fraction of sp³-hybridized carbons (Fsp3) is 0.105. The summed E-state index contributed by atoms with van der Waals surface area (Å²) in [6, 6.07) is 16.6. The van der Waals surface area contributed by atoms with Crippen LogP contribution >= 0.6 is 11.6 Å². The molecule has 0 atom stereocenters. The average molecular weight is 341 g/mol. The average Bonchev–Trinajstić information content (AvgIpc) is 3.01. The molecule has 5 heteroatoms. The molecule has 0 aliphatic carbocycles. The lowest BCUT2D eigenvalue weighted by Gasteiger charge is -2.06. The Labute approximate surface area is 145 Å².